The van der Waals surface area contributed by atoms with Gasteiger partial charge in [-0.1, -0.05) is 0 Å². The number of aromatic carboxylic acids is 1. The molecular formula is C19H18N8O3. The van der Waals surface area contributed by atoms with Crippen LogP contribution in [0.5, 0.6) is 0 Å². The van der Waals surface area contributed by atoms with E-state index in [2.05, 4.69) is 30.4 Å². The number of carboxylic acids is 1. The molecule has 5 heterocycles. The SMILES string of the molecule is Cc1cc(N2CC(C3=CC(N)=NNC3)C2)nc2c1c(=O)c(C(=O)O)cn2C1=NC=N1. The lowest BCUT2D eigenvalue weighted by Gasteiger charge is -2.42. The van der Waals surface area contributed by atoms with Gasteiger partial charge >= 0.3 is 5.97 Å². The minimum Gasteiger partial charge on any atom is -0.477 e. The van der Waals surface area contributed by atoms with Crippen molar-refractivity contribution in [2.45, 2.75) is 6.92 Å². The maximum absolute atomic E-state index is 12.8. The number of anilines is 1. The highest BCUT2D eigenvalue weighted by atomic mass is 16.4. The fourth-order valence-corrected chi connectivity index (χ4v) is 3.84. The fraction of sp³-hybridized carbons (Fsp3) is 0.263. The van der Waals surface area contributed by atoms with Crippen LogP contribution in [0.15, 0.2) is 43.8 Å². The van der Waals surface area contributed by atoms with Crippen molar-refractivity contribution in [2.75, 3.05) is 24.5 Å². The number of carbonyl (C=O) groups is 1. The Hall–Kier alpha value is -4.02. The Labute approximate surface area is 169 Å². The molecule has 0 amide bonds. The second kappa shape index (κ2) is 6.51. The molecular weight excluding hydrogens is 388 g/mol. The average molecular weight is 406 g/mol. The zero-order valence-corrected chi connectivity index (χ0v) is 16.0. The van der Waals surface area contributed by atoms with Crippen molar-refractivity contribution in [1.29, 1.82) is 0 Å². The predicted molar refractivity (Wildman–Crippen MR) is 112 cm³/mol. The molecule has 0 aromatic carbocycles. The number of nitrogens with one attached hydrogen (secondary N) is 1. The monoisotopic (exact) mass is 406 g/mol. The first kappa shape index (κ1) is 18.0. The maximum atomic E-state index is 12.8. The summed E-state index contributed by atoms with van der Waals surface area (Å²) in [5.41, 5.74) is 9.97. The second-order valence-corrected chi connectivity index (χ2v) is 7.41. The highest BCUT2D eigenvalue weighted by molar-refractivity contribution is 6.06. The smallest absolute Gasteiger partial charge is 0.341 e. The quantitative estimate of drug-likeness (QED) is 0.643. The molecule has 0 aliphatic carbocycles. The third kappa shape index (κ3) is 2.74. The number of rotatable bonds is 3. The number of nitrogens with two attached hydrogens (primary N) is 1. The third-order valence-corrected chi connectivity index (χ3v) is 5.49. The van der Waals surface area contributed by atoms with Gasteiger partial charge in [0.15, 0.2) is 5.65 Å². The van der Waals surface area contributed by atoms with Gasteiger partial charge in [0.05, 0.1) is 11.9 Å². The van der Waals surface area contributed by atoms with Crippen LogP contribution in [0.2, 0.25) is 0 Å². The minimum absolute atomic E-state index is 0.253. The van der Waals surface area contributed by atoms with Gasteiger partial charge in [0.25, 0.3) is 0 Å². The van der Waals surface area contributed by atoms with Crippen LogP contribution < -0.4 is 21.5 Å². The van der Waals surface area contributed by atoms with E-state index in [1.807, 2.05) is 12.1 Å². The van der Waals surface area contributed by atoms with E-state index in [0.717, 1.165) is 13.1 Å². The van der Waals surface area contributed by atoms with Crippen LogP contribution in [0.3, 0.4) is 0 Å². The van der Waals surface area contributed by atoms with Gasteiger partial charge in [-0.2, -0.15) is 5.10 Å². The summed E-state index contributed by atoms with van der Waals surface area (Å²) >= 11 is 0. The molecule has 5 rings (SSSR count). The van der Waals surface area contributed by atoms with E-state index in [9.17, 15) is 14.7 Å². The summed E-state index contributed by atoms with van der Waals surface area (Å²) in [7, 11) is 0. The van der Waals surface area contributed by atoms with Crippen molar-refractivity contribution >= 4 is 41.0 Å². The number of aromatic nitrogens is 2. The Morgan fingerprint density at radius 3 is 2.77 bits per heavy atom. The molecule has 11 nitrogen and oxygen atoms in total. The van der Waals surface area contributed by atoms with E-state index < -0.39 is 11.4 Å². The Morgan fingerprint density at radius 2 is 2.13 bits per heavy atom. The van der Waals surface area contributed by atoms with Crippen molar-refractivity contribution < 1.29 is 9.90 Å². The molecule has 1 saturated heterocycles. The topological polar surface area (TPSA) is 151 Å². The second-order valence-electron chi connectivity index (χ2n) is 7.41. The van der Waals surface area contributed by atoms with Gasteiger partial charge in [-0.05, 0) is 30.2 Å². The molecule has 3 aliphatic heterocycles. The number of hydrogen-bond acceptors (Lipinski definition) is 9. The van der Waals surface area contributed by atoms with Crippen LogP contribution in [0.4, 0.5) is 5.82 Å². The summed E-state index contributed by atoms with van der Waals surface area (Å²) in [6, 6.07) is 1.81. The van der Waals surface area contributed by atoms with Gasteiger partial charge in [-0.3, -0.25) is 9.36 Å². The number of carboxylic acid groups (broad SMARTS) is 1. The summed E-state index contributed by atoms with van der Waals surface area (Å²) < 4.78 is 1.46. The largest absolute Gasteiger partial charge is 0.477 e. The van der Waals surface area contributed by atoms with Crippen LogP contribution >= 0.6 is 0 Å². The van der Waals surface area contributed by atoms with Crippen molar-refractivity contribution in [3.8, 4) is 0 Å². The van der Waals surface area contributed by atoms with E-state index in [0.29, 0.717) is 41.3 Å². The molecule has 0 atom stereocenters. The molecule has 30 heavy (non-hydrogen) atoms. The Balaban J connectivity index is 1.54. The van der Waals surface area contributed by atoms with Gasteiger partial charge in [-0.25, -0.2) is 19.8 Å². The lowest BCUT2D eigenvalue weighted by molar-refractivity contribution is 0.0695. The molecule has 152 valence electrons. The van der Waals surface area contributed by atoms with Crippen molar-refractivity contribution in [3.63, 3.8) is 0 Å². The van der Waals surface area contributed by atoms with Gasteiger partial charge in [0.2, 0.25) is 11.4 Å². The fourth-order valence-electron chi connectivity index (χ4n) is 3.84. The number of hydrogen-bond donors (Lipinski definition) is 3. The lowest BCUT2D eigenvalue weighted by Crippen LogP contribution is -2.50. The van der Waals surface area contributed by atoms with Gasteiger partial charge < -0.3 is 21.2 Å². The number of fused-ring (bicyclic) bond motifs is 1. The molecule has 4 N–H and O–H groups in total. The normalized spacial score (nSPS) is 18.2. The highest BCUT2D eigenvalue weighted by Gasteiger charge is 2.32. The van der Waals surface area contributed by atoms with Crippen molar-refractivity contribution in [1.82, 2.24) is 15.0 Å². The molecule has 0 saturated carbocycles. The summed E-state index contributed by atoms with van der Waals surface area (Å²) in [5, 5.41) is 13.6. The first-order valence-electron chi connectivity index (χ1n) is 9.35. The van der Waals surface area contributed by atoms with Crippen molar-refractivity contribution in [2.24, 2.45) is 26.7 Å². The first-order chi connectivity index (χ1) is 14.4. The molecule has 0 spiro atoms. The molecule has 0 unspecified atom stereocenters. The number of pyridine rings is 2. The number of nitrogens with zero attached hydrogens (tertiary/aromatic N) is 6. The average Bonchev–Trinajstić information content (AvgIpc) is 2.60. The number of amidine groups is 1. The van der Waals surface area contributed by atoms with Gasteiger partial charge in [-0.15, -0.1) is 0 Å². The molecule has 11 heteroatoms. The first-order valence-corrected chi connectivity index (χ1v) is 9.35. The standard InChI is InChI=1S/C19H18N8O3/c1-9-2-14(26-5-11(6-26)10-3-13(20)25-23-4-10)24-17-15(9)16(28)12(18(29)30)7-27(17)19-21-8-22-19/h2-3,7-8,11,23H,4-6H2,1H3,(H2,20,25)(H,29,30). The zero-order chi connectivity index (χ0) is 21.0. The van der Waals surface area contributed by atoms with Crippen LogP contribution in [0.25, 0.3) is 11.0 Å². The van der Waals surface area contributed by atoms with E-state index in [4.69, 9.17) is 5.73 Å². The van der Waals surface area contributed by atoms with E-state index in [1.54, 1.807) is 6.92 Å². The lowest BCUT2D eigenvalue weighted by atomic mass is 9.90. The summed E-state index contributed by atoms with van der Waals surface area (Å²) in [4.78, 5) is 39.2. The summed E-state index contributed by atoms with van der Waals surface area (Å²) in [6.45, 7) is 3.96. The van der Waals surface area contributed by atoms with E-state index in [-0.39, 0.29) is 10.9 Å². The van der Waals surface area contributed by atoms with Crippen LogP contribution in [-0.4, -0.2) is 58.4 Å². The van der Waals surface area contributed by atoms with Gasteiger partial charge in [0, 0.05) is 25.2 Å². The Morgan fingerprint density at radius 1 is 1.37 bits per heavy atom. The summed E-state index contributed by atoms with van der Waals surface area (Å²) in [5.74, 6) is 0.505. The van der Waals surface area contributed by atoms with E-state index in [1.165, 1.54) is 22.7 Å². The van der Waals surface area contributed by atoms with Crippen LogP contribution in [-0.2, 0) is 0 Å². The molecule has 2 aromatic rings. The molecule has 2 aromatic heterocycles. The molecule has 3 aliphatic rings. The number of aryl methyl sites for hydroxylation is 1. The van der Waals surface area contributed by atoms with Crippen molar-refractivity contribution in [3.05, 3.63) is 45.3 Å². The van der Waals surface area contributed by atoms with E-state index >= 15 is 0 Å². The Bertz CT molecular complexity index is 1280. The third-order valence-electron chi connectivity index (χ3n) is 5.49. The molecule has 0 bridgehead atoms. The Kier molecular flexibility index (Phi) is 3.91. The maximum Gasteiger partial charge on any atom is 0.341 e. The number of aliphatic imine (C=N–C) groups is 2. The number of hydrazone groups is 1. The zero-order valence-electron chi connectivity index (χ0n) is 16.0. The summed E-state index contributed by atoms with van der Waals surface area (Å²) in [6.07, 6.45) is 4.49. The van der Waals surface area contributed by atoms with Gasteiger partial charge in [0.1, 0.15) is 23.6 Å². The molecule has 0 radical (unpaired) electrons. The molecule has 1 fully saturated rings. The van der Waals surface area contributed by atoms with Crippen LogP contribution in [0.1, 0.15) is 15.9 Å². The van der Waals surface area contributed by atoms with Crippen LogP contribution in [0, 0.1) is 12.8 Å². The minimum atomic E-state index is -1.30. The highest BCUT2D eigenvalue weighted by Crippen LogP contribution is 2.30. The predicted octanol–water partition coefficient (Wildman–Crippen LogP) is -0.113.